The largest absolute Gasteiger partial charge is 0.350 e. The highest BCUT2D eigenvalue weighted by Crippen LogP contribution is 2.28. The minimum absolute atomic E-state index is 0.0256. The molecular weight excluding hydrogens is 547 g/mol. The third-order valence-electron chi connectivity index (χ3n) is 6.70. The molecule has 0 bridgehead atoms. The van der Waals surface area contributed by atoms with E-state index < -0.39 is 11.7 Å². The first-order chi connectivity index (χ1) is 19.5. The average Bonchev–Trinajstić information content (AvgIpc) is 3.30. The van der Waals surface area contributed by atoms with Crippen LogP contribution in [-0.2, 0) is 22.7 Å². The van der Waals surface area contributed by atoms with Gasteiger partial charge in [-0.05, 0) is 44.5 Å². The summed E-state index contributed by atoms with van der Waals surface area (Å²) in [6.07, 6.45) is 5.12. The van der Waals surface area contributed by atoms with Crippen molar-refractivity contribution in [2.75, 3.05) is 25.5 Å². The number of Topliss-reactive ketones (excluding diaryl/α,β-unsaturated/α-hetero) is 1. The van der Waals surface area contributed by atoms with Crippen LogP contribution in [0.25, 0.3) is 22.0 Å². The number of hydrogen-bond acceptors (Lipinski definition) is 6. The Hall–Kier alpha value is -4.31. The molecule has 4 aromatic rings. The highest BCUT2D eigenvalue weighted by molar-refractivity contribution is 6.30. The third kappa shape index (κ3) is 6.71. The lowest BCUT2D eigenvalue weighted by molar-refractivity contribution is -0.138. The second-order valence-corrected chi connectivity index (χ2v) is 10.6. The van der Waals surface area contributed by atoms with Crippen LogP contribution in [0.2, 0.25) is 5.02 Å². The molecular formula is C30H32ClFN6O3. The Morgan fingerprint density at radius 2 is 1.78 bits per heavy atom. The molecule has 0 aliphatic heterocycles. The molecule has 0 aliphatic rings. The lowest BCUT2D eigenvalue weighted by atomic mass is 10.0. The second-order valence-electron chi connectivity index (χ2n) is 10.2. The van der Waals surface area contributed by atoms with Gasteiger partial charge in [-0.25, -0.2) is 14.4 Å². The number of nitrogens with zero attached hydrogens (tertiary/aromatic N) is 5. The van der Waals surface area contributed by atoms with Gasteiger partial charge in [0.15, 0.2) is 5.78 Å². The number of carbonyl (C=O) groups excluding carboxylic acids is 3. The van der Waals surface area contributed by atoms with Crippen LogP contribution in [0.3, 0.4) is 0 Å². The molecule has 214 valence electrons. The van der Waals surface area contributed by atoms with Crippen molar-refractivity contribution in [3.8, 4) is 11.1 Å². The predicted molar refractivity (Wildman–Crippen MR) is 157 cm³/mol. The van der Waals surface area contributed by atoms with Gasteiger partial charge in [-0.2, -0.15) is 0 Å². The average molecular weight is 579 g/mol. The zero-order valence-corrected chi connectivity index (χ0v) is 24.4. The Morgan fingerprint density at radius 1 is 1.07 bits per heavy atom. The first kappa shape index (κ1) is 29.7. The van der Waals surface area contributed by atoms with Crippen molar-refractivity contribution in [1.29, 1.82) is 0 Å². The van der Waals surface area contributed by atoms with E-state index in [0.29, 0.717) is 22.4 Å². The number of anilines is 1. The summed E-state index contributed by atoms with van der Waals surface area (Å²) >= 11 is 5.82. The molecule has 2 heterocycles. The lowest BCUT2D eigenvalue weighted by Gasteiger charge is -2.26. The molecule has 0 saturated carbocycles. The molecule has 41 heavy (non-hydrogen) atoms. The van der Waals surface area contributed by atoms with Gasteiger partial charge < -0.3 is 19.7 Å². The number of ketones is 1. The number of aromatic nitrogens is 3. The molecule has 4 rings (SSSR count). The van der Waals surface area contributed by atoms with Crippen LogP contribution in [0.4, 0.5) is 10.3 Å². The first-order valence-electron chi connectivity index (χ1n) is 13.1. The van der Waals surface area contributed by atoms with Crippen molar-refractivity contribution < 1.29 is 18.8 Å². The van der Waals surface area contributed by atoms with Gasteiger partial charge in [0, 0.05) is 72.9 Å². The molecule has 0 atom stereocenters. The summed E-state index contributed by atoms with van der Waals surface area (Å²) < 4.78 is 15.9. The quantitative estimate of drug-likeness (QED) is 0.274. The Kier molecular flexibility index (Phi) is 9.02. The second kappa shape index (κ2) is 12.5. The minimum atomic E-state index is -0.590. The summed E-state index contributed by atoms with van der Waals surface area (Å²) in [7, 11) is 3.72. The van der Waals surface area contributed by atoms with Crippen LogP contribution >= 0.6 is 11.6 Å². The maximum absolute atomic E-state index is 14.2. The normalized spacial score (nSPS) is 11.1. The van der Waals surface area contributed by atoms with E-state index in [-0.39, 0.29) is 48.0 Å². The smallest absolute Gasteiger partial charge is 0.243 e. The van der Waals surface area contributed by atoms with E-state index in [4.69, 9.17) is 11.6 Å². The maximum Gasteiger partial charge on any atom is 0.243 e. The molecule has 2 amide bonds. The molecule has 9 nitrogen and oxygen atoms in total. The van der Waals surface area contributed by atoms with E-state index >= 15 is 0 Å². The van der Waals surface area contributed by atoms with Crippen molar-refractivity contribution in [2.45, 2.75) is 39.9 Å². The molecule has 2 aromatic carbocycles. The number of hydrogen-bond donors (Lipinski definition) is 1. The molecule has 2 aromatic heterocycles. The van der Waals surface area contributed by atoms with E-state index in [1.54, 1.807) is 34.1 Å². The summed E-state index contributed by atoms with van der Waals surface area (Å²) in [4.78, 5) is 50.6. The Balaban J connectivity index is 1.53. The Morgan fingerprint density at radius 3 is 2.41 bits per heavy atom. The standard InChI is InChI=1S/C30H32ClFN6O3/c1-18(2)38(16-27(40)33-12-21-7-6-8-25(31)29(21)32)28(41)17-37-15-24(19(3)39)23-11-20(9-10-26(23)37)22-13-34-30(35-14-22)36(4)5/h6-11,13-15,18H,12,16-17H2,1-5H3,(H,33,40). The van der Waals surface area contributed by atoms with Gasteiger partial charge in [0.2, 0.25) is 17.8 Å². The van der Waals surface area contributed by atoms with Crippen molar-refractivity contribution in [3.05, 3.63) is 77.0 Å². The fourth-order valence-electron chi connectivity index (χ4n) is 4.47. The van der Waals surface area contributed by atoms with Crippen LogP contribution in [0.1, 0.15) is 36.7 Å². The van der Waals surface area contributed by atoms with E-state index in [1.807, 2.05) is 46.1 Å². The lowest BCUT2D eigenvalue weighted by Crippen LogP contribution is -2.45. The van der Waals surface area contributed by atoms with Crippen molar-refractivity contribution >= 4 is 46.0 Å². The van der Waals surface area contributed by atoms with Gasteiger partial charge >= 0.3 is 0 Å². The number of fused-ring (bicyclic) bond motifs is 1. The van der Waals surface area contributed by atoms with Crippen LogP contribution in [0.15, 0.2) is 55.0 Å². The Labute approximate surface area is 242 Å². The molecule has 0 saturated heterocycles. The van der Waals surface area contributed by atoms with Gasteiger partial charge in [0.25, 0.3) is 0 Å². The van der Waals surface area contributed by atoms with E-state index in [2.05, 4.69) is 15.3 Å². The maximum atomic E-state index is 14.2. The van der Waals surface area contributed by atoms with Gasteiger partial charge in [0.05, 0.1) is 11.6 Å². The van der Waals surface area contributed by atoms with E-state index in [9.17, 15) is 18.8 Å². The molecule has 0 spiro atoms. The Bertz CT molecular complexity index is 1600. The number of halogens is 2. The molecule has 0 aliphatic carbocycles. The highest BCUT2D eigenvalue weighted by Gasteiger charge is 2.23. The summed E-state index contributed by atoms with van der Waals surface area (Å²) in [6, 6.07) is 9.94. The molecule has 1 N–H and O–H groups in total. The van der Waals surface area contributed by atoms with Gasteiger partial charge in [-0.1, -0.05) is 29.8 Å². The number of benzene rings is 2. The minimum Gasteiger partial charge on any atom is -0.350 e. The van der Waals surface area contributed by atoms with Crippen molar-refractivity contribution in [3.63, 3.8) is 0 Å². The van der Waals surface area contributed by atoms with Crippen LogP contribution < -0.4 is 10.2 Å². The summed E-state index contributed by atoms with van der Waals surface area (Å²) in [5.41, 5.74) is 3.08. The van der Waals surface area contributed by atoms with E-state index in [0.717, 1.165) is 11.1 Å². The van der Waals surface area contributed by atoms with Gasteiger partial charge in [-0.15, -0.1) is 0 Å². The number of carbonyl (C=O) groups is 3. The van der Waals surface area contributed by atoms with E-state index in [1.165, 1.54) is 24.0 Å². The zero-order chi connectivity index (χ0) is 29.8. The van der Waals surface area contributed by atoms with Crippen LogP contribution in [0, 0.1) is 5.82 Å². The molecule has 11 heteroatoms. The number of amides is 2. The van der Waals surface area contributed by atoms with Crippen LogP contribution in [0.5, 0.6) is 0 Å². The highest BCUT2D eigenvalue weighted by atomic mass is 35.5. The zero-order valence-electron chi connectivity index (χ0n) is 23.6. The number of rotatable bonds is 10. The summed E-state index contributed by atoms with van der Waals surface area (Å²) in [6.45, 7) is 4.78. The fourth-order valence-corrected chi connectivity index (χ4v) is 4.67. The first-order valence-corrected chi connectivity index (χ1v) is 13.5. The number of nitrogens with one attached hydrogen (secondary N) is 1. The van der Waals surface area contributed by atoms with Gasteiger partial charge in [-0.3, -0.25) is 14.4 Å². The fraction of sp³-hybridized carbons (Fsp3) is 0.300. The molecule has 0 fully saturated rings. The van der Waals surface area contributed by atoms with Crippen molar-refractivity contribution in [1.82, 2.24) is 24.8 Å². The monoisotopic (exact) mass is 578 g/mol. The molecule has 0 unspecified atom stereocenters. The van der Waals surface area contributed by atoms with Crippen molar-refractivity contribution in [2.24, 2.45) is 0 Å². The van der Waals surface area contributed by atoms with Crippen LogP contribution in [-0.4, -0.2) is 63.7 Å². The molecule has 0 radical (unpaired) electrons. The van der Waals surface area contributed by atoms with Gasteiger partial charge in [0.1, 0.15) is 12.4 Å². The third-order valence-corrected chi connectivity index (χ3v) is 6.99. The summed E-state index contributed by atoms with van der Waals surface area (Å²) in [5.74, 6) is -0.865. The predicted octanol–water partition coefficient (Wildman–Crippen LogP) is 4.71. The SMILES string of the molecule is CC(=O)c1cn(CC(=O)N(CC(=O)NCc2cccc(Cl)c2F)C(C)C)c2ccc(-c3cnc(N(C)C)nc3)cc12. The summed E-state index contributed by atoms with van der Waals surface area (Å²) in [5, 5.41) is 3.34. The topological polar surface area (TPSA) is 100 Å².